The predicted octanol–water partition coefficient (Wildman–Crippen LogP) is 1.36. The normalized spacial score (nSPS) is 11.1. The first-order chi connectivity index (χ1) is 16.1. The molecule has 11 nitrogen and oxygen atoms in total. The summed E-state index contributed by atoms with van der Waals surface area (Å²) in [4.78, 5) is 54.3. The second kappa shape index (κ2) is 8.39. The number of anilines is 1. The Morgan fingerprint density at radius 2 is 1.82 bits per heavy atom. The lowest BCUT2D eigenvalue weighted by molar-refractivity contribution is 0.0476. The molecule has 4 aromatic rings. The number of nitrogens with zero attached hydrogens (tertiary/aromatic N) is 4. The van der Waals surface area contributed by atoms with Crippen LogP contribution in [0.3, 0.4) is 0 Å². The number of aromatic nitrogens is 4. The van der Waals surface area contributed by atoms with Gasteiger partial charge < -0.3 is 15.0 Å². The van der Waals surface area contributed by atoms with E-state index in [-0.39, 0.29) is 28.2 Å². The summed E-state index contributed by atoms with van der Waals surface area (Å²) in [5, 5.41) is 4.09. The zero-order valence-electron chi connectivity index (χ0n) is 18.3. The second-order valence-electron chi connectivity index (χ2n) is 7.48. The van der Waals surface area contributed by atoms with Gasteiger partial charge in [-0.1, -0.05) is 5.16 Å². The van der Waals surface area contributed by atoms with Crippen molar-refractivity contribution in [3.8, 4) is 11.3 Å². The molecule has 4 rings (SSSR count). The summed E-state index contributed by atoms with van der Waals surface area (Å²) in [6, 6.07) is 6.84. The Morgan fingerprint density at radius 1 is 1.15 bits per heavy atom. The molecule has 0 spiro atoms. The number of ketones is 1. The van der Waals surface area contributed by atoms with E-state index < -0.39 is 41.0 Å². The first kappa shape index (κ1) is 22.6. The molecular weight excluding hydrogens is 449 g/mol. The molecule has 0 atom stereocenters. The van der Waals surface area contributed by atoms with E-state index in [0.29, 0.717) is 11.3 Å². The number of nitrogen functional groups attached to an aromatic ring is 1. The summed E-state index contributed by atoms with van der Waals surface area (Å²) >= 11 is 0. The van der Waals surface area contributed by atoms with E-state index in [2.05, 4.69) is 10.1 Å². The summed E-state index contributed by atoms with van der Waals surface area (Å²) in [6.45, 7) is 0.790. The van der Waals surface area contributed by atoms with Gasteiger partial charge >= 0.3 is 11.7 Å². The van der Waals surface area contributed by atoms with E-state index in [0.717, 1.165) is 9.13 Å². The van der Waals surface area contributed by atoms with Gasteiger partial charge in [0.15, 0.2) is 6.61 Å². The van der Waals surface area contributed by atoms with Gasteiger partial charge in [0, 0.05) is 19.7 Å². The number of carbonyl (C=O) groups is 2. The van der Waals surface area contributed by atoms with E-state index in [1.54, 1.807) is 6.92 Å². The van der Waals surface area contributed by atoms with Crippen LogP contribution in [0, 0.1) is 12.7 Å². The maximum atomic E-state index is 13.3. The van der Waals surface area contributed by atoms with Crippen molar-refractivity contribution >= 4 is 28.7 Å². The molecule has 0 radical (unpaired) electrons. The lowest BCUT2D eigenvalue weighted by Crippen LogP contribution is -2.42. The number of halogens is 1. The molecule has 0 aliphatic heterocycles. The topological polar surface area (TPSA) is 152 Å². The Kier molecular flexibility index (Phi) is 5.57. The van der Waals surface area contributed by atoms with Crippen molar-refractivity contribution in [2.45, 2.75) is 6.92 Å². The zero-order chi connectivity index (χ0) is 24.7. The Bertz CT molecular complexity index is 1580. The van der Waals surface area contributed by atoms with Crippen LogP contribution in [0.5, 0.6) is 0 Å². The fourth-order valence-electron chi connectivity index (χ4n) is 3.43. The van der Waals surface area contributed by atoms with Crippen molar-refractivity contribution in [1.29, 1.82) is 0 Å². The van der Waals surface area contributed by atoms with Crippen molar-refractivity contribution in [2.24, 2.45) is 14.1 Å². The molecule has 0 amide bonds. The summed E-state index contributed by atoms with van der Waals surface area (Å²) < 4.78 is 25.3. The highest BCUT2D eigenvalue weighted by molar-refractivity contribution is 6.06. The largest absolute Gasteiger partial charge is 0.454 e. The van der Waals surface area contributed by atoms with Crippen LogP contribution < -0.4 is 17.0 Å². The number of ether oxygens (including phenoxy) is 1. The van der Waals surface area contributed by atoms with Gasteiger partial charge in [-0.05, 0) is 37.3 Å². The zero-order valence-corrected chi connectivity index (χ0v) is 18.3. The number of Topliss-reactive ketones (excluding diaryl/α,β-unsaturated/α-hetero) is 1. The number of rotatable bonds is 5. The van der Waals surface area contributed by atoms with Crippen LogP contribution in [0.15, 0.2) is 44.4 Å². The fraction of sp³-hybridized carbons (Fsp3) is 0.182. The number of aryl methyl sites for hydroxylation is 1. The van der Waals surface area contributed by atoms with E-state index >= 15 is 0 Å². The Labute approximate surface area is 190 Å². The minimum Gasteiger partial charge on any atom is -0.454 e. The Hall–Kier alpha value is -4.61. The summed E-state index contributed by atoms with van der Waals surface area (Å²) in [5.74, 6) is -2.57. The minimum absolute atomic E-state index is 0.0113. The molecule has 12 heteroatoms. The van der Waals surface area contributed by atoms with Gasteiger partial charge in [0.05, 0.1) is 22.3 Å². The highest BCUT2D eigenvalue weighted by Gasteiger charge is 2.24. The van der Waals surface area contributed by atoms with E-state index in [1.165, 1.54) is 44.4 Å². The number of hydrogen-bond donors (Lipinski definition) is 1. The third-order valence-electron chi connectivity index (χ3n) is 5.30. The van der Waals surface area contributed by atoms with Gasteiger partial charge in [-0.2, -0.15) is 0 Å². The Balaban J connectivity index is 1.68. The number of hydrogen-bond acceptors (Lipinski definition) is 9. The molecule has 0 saturated carbocycles. The minimum atomic E-state index is -0.907. The average Bonchev–Trinajstić information content (AvgIpc) is 3.20. The molecule has 174 valence electrons. The van der Waals surface area contributed by atoms with Gasteiger partial charge in [0.25, 0.3) is 11.3 Å². The second-order valence-corrected chi connectivity index (χ2v) is 7.48. The quantitative estimate of drug-likeness (QED) is 0.339. The SMILES string of the molecule is Cc1noc2nc(-c3ccc(F)cc3)cc(C(=O)OCC(=O)c3c(N)n(C)c(=O)n(C)c3=O)c12. The lowest BCUT2D eigenvalue weighted by Gasteiger charge is -2.11. The number of pyridine rings is 1. The first-order valence-electron chi connectivity index (χ1n) is 9.89. The third kappa shape index (κ3) is 3.74. The monoisotopic (exact) mass is 467 g/mol. The van der Waals surface area contributed by atoms with Crippen molar-refractivity contribution in [2.75, 3.05) is 12.3 Å². The van der Waals surface area contributed by atoms with Crippen molar-refractivity contribution in [3.63, 3.8) is 0 Å². The van der Waals surface area contributed by atoms with Crippen LogP contribution in [0.4, 0.5) is 10.2 Å². The van der Waals surface area contributed by atoms with Crippen LogP contribution in [0.2, 0.25) is 0 Å². The number of carbonyl (C=O) groups excluding carboxylic acids is 2. The summed E-state index contributed by atoms with van der Waals surface area (Å²) in [5.41, 5.74) is 4.93. The maximum absolute atomic E-state index is 13.3. The van der Waals surface area contributed by atoms with E-state index in [1.807, 2.05) is 0 Å². The standard InChI is InChI=1S/C22H18FN5O6/c1-10-16-13(8-14(25-19(16)34-26-10)11-4-6-12(23)7-5-11)21(31)33-9-15(29)17-18(24)27(2)22(32)28(3)20(17)30/h4-8H,9,24H2,1-3H3. The van der Waals surface area contributed by atoms with Crippen LogP contribution in [-0.4, -0.2) is 37.6 Å². The number of benzene rings is 1. The van der Waals surface area contributed by atoms with Crippen LogP contribution in [0.25, 0.3) is 22.4 Å². The summed E-state index contributed by atoms with van der Waals surface area (Å²) in [7, 11) is 2.51. The van der Waals surface area contributed by atoms with E-state index in [9.17, 15) is 23.6 Å². The molecule has 3 aromatic heterocycles. The molecule has 3 heterocycles. The van der Waals surface area contributed by atoms with Crippen molar-refractivity contribution < 1.29 is 23.2 Å². The number of esters is 1. The predicted molar refractivity (Wildman–Crippen MR) is 118 cm³/mol. The van der Waals surface area contributed by atoms with Crippen molar-refractivity contribution in [1.82, 2.24) is 19.3 Å². The maximum Gasteiger partial charge on any atom is 0.339 e. The molecule has 1 aromatic carbocycles. The molecule has 0 fully saturated rings. The van der Waals surface area contributed by atoms with Gasteiger partial charge in [0.1, 0.15) is 17.2 Å². The number of nitrogens with two attached hydrogens (primary N) is 1. The van der Waals surface area contributed by atoms with Gasteiger partial charge in [-0.25, -0.2) is 19.0 Å². The highest BCUT2D eigenvalue weighted by Crippen LogP contribution is 2.27. The summed E-state index contributed by atoms with van der Waals surface area (Å²) in [6.07, 6.45) is 0. The molecule has 0 aliphatic carbocycles. The van der Waals surface area contributed by atoms with Gasteiger partial charge in [-0.3, -0.25) is 18.7 Å². The highest BCUT2D eigenvalue weighted by atomic mass is 19.1. The lowest BCUT2D eigenvalue weighted by atomic mass is 10.1. The van der Waals surface area contributed by atoms with Crippen LogP contribution in [0.1, 0.15) is 26.4 Å². The third-order valence-corrected chi connectivity index (χ3v) is 5.30. The molecule has 0 bridgehead atoms. The molecule has 0 saturated heterocycles. The molecular formula is C22H18FN5O6. The number of fused-ring (bicyclic) bond motifs is 1. The van der Waals surface area contributed by atoms with Crippen LogP contribution >= 0.6 is 0 Å². The molecule has 0 aliphatic rings. The van der Waals surface area contributed by atoms with Gasteiger partial charge in [0.2, 0.25) is 5.78 Å². The first-order valence-corrected chi connectivity index (χ1v) is 9.89. The molecule has 34 heavy (non-hydrogen) atoms. The fourth-order valence-corrected chi connectivity index (χ4v) is 3.43. The smallest absolute Gasteiger partial charge is 0.339 e. The average molecular weight is 467 g/mol. The van der Waals surface area contributed by atoms with Crippen LogP contribution in [-0.2, 0) is 18.8 Å². The van der Waals surface area contributed by atoms with E-state index in [4.69, 9.17) is 15.0 Å². The molecule has 2 N–H and O–H groups in total. The van der Waals surface area contributed by atoms with Crippen molar-refractivity contribution in [3.05, 3.63) is 73.8 Å². The van der Waals surface area contributed by atoms with Gasteiger partial charge in [-0.15, -0.1) is 0 Å². The Morgan fingerprint density at radius 3 is 2.50 bits per heavy atom. The molecule has 0 unspecified atom stereocenters.